The van der Waals surface area contributed by atoms with E-state index in [1.54, 1.807) is 0 Å². The van der Waals surface area contributed by atoms with E-state index >= 15 is 0 Å². The second-order valence-corrected chi connectivity index (χ2v) is 3.24. The summed E-state index contributed by atoms with van der Waals surface area (Å²) < 4.78 is 0. The monoisotopic (exact) mass is 175 g/mol. The maximum absolute atomic E-state index is 9.09. The number of hydrogen-bond acceptors (Lipinski definition) is 2. The highest BCUT2D eigenvalue weighted by atomic mass is 16.3. The molecule has 1 aromatic rings. The molecule has 1 unspecified atom stereocenters. The smallest absolute Gasteiger partial charge is 0.0626 e. The fraction of sp³-hybridized carbons (Fsp3) is 0.273. The van der Waals surface area contributed by atoms with Gasteiger partial charge in [-0.1, -0.05) is 30.9 Å². The Morgan fingerprint density at radius 1 is 1.62 bits per heavy atom. The maximum atomic E-state index is 9.09. The van der Waals surface area contributed by atoms with Crippen LogP contribution >= 0.6 is 0 Å². The highest BCUT2D eigenvalue weighted by Gasteiger charge is 2.21. The van der Waals surface area contributed by atoms with E-state index in [1.807, 2.05) is 18.2 Å². The minimum absolute atomic E-state index is 0.106. The Bertz CT molecular complexity index is 333. The van der Waals surface area contributed by atoms with E-state index in [9.17, 15) is 0 Å². The Morgan fingerprint density at radius 3 is 3.15 bits per heavy atom. The summed E-state index contributed by atoms with van der Waals surface area (Å²) in [5.41, 5.74) is 3.65. The van der Waals surface area contributed by atoms with Gasteiger partial charge in [0.25, 0.3) is 0 Å². The number of hydrogen-bond donors (Lipinski definition) is 2. The fourth-order valence-corrected chi connectivity index (χ4v) is 1.84. The molecule has 2 heteroatoms. The summed E-state index contributed by atoms with van der Waals surface area (Å²) in [4.78, 5) is 0. The molecule has 1 aliphatic heterocycles. The molecular formula is C11H13NO. The first-order valence-corrected chi connectivity index (χ1v) is 4.45. The Hall–Kier alpha value is -1.12. The van der Waals surface area contributed by atoms with Crippen LogP contribution in [-0.2, 0) is 6.54 Å². The molecule has 2 rings (SSSR count). The van der Waals surface area contributed by atoms with Gasteiger partial charge in [0.1, 0.15) is 0 Å². The molecule has 0 aliphatic carbocycles. The molecule has 2 nitrogen and oxygen atoms in total. The number of fused-ring (bicyclic) bond motifs is 1. The van der Waals surface area contributed by atoms with Crippen LogP contribution in [0.4, 0.5) is 0 Å². The summed E-state index contributed by atoms with van der Waals surface area (Å²) in [7, 11) is 0. The molecule has 2 N–H and O–H groups in total. The zero-order valence-corrected chi connectivity index (χ0v) is 7.46. The van der Waals surface area contributed by atoms with Crippen LogP contribution in [0.25, 0.3) is 6.08 Å². The number of nitrogens with one attached hydrogen (secondary N) is 1. The highest BCUT2D eigenvalue weighted by Crippen LogP contribution is 2.27. The van der Waals surface area contributed by atoms with Crippen molar-refractivity contribution in [3.05, 3.63) is 41.5 Å². The lowest BCUT2D eigenvalue weighted by Gasteiger charge is -2.07. The molecule has 0 fully saturated rings. The van der Waals surface area contributed by atoms with Crippen molar-refractivity contribution < 1.29 is 5.11 Å². The SMILES string of the molecule is C=Cc1cccc2c1CNC2CO. The molecule has 68 valence electrons. The van der Waals surface area contributed by atoms with Gasteiger partial charge in [-0.05, 0) is 16.7 Å². The van der Waals surface area contributed by atoms with Gasteiger partial charge in [-0.25, -0.2) is 0 Å². The van der Waals surface area contributed by atoms with Gasteiger partial charge in [0.15, 0.2) is 0 Å². The lowest BCUT2D eigenvalue weighted by atomic mass is 10.0. The minimum atomic E-state index is 0.106. The van der Waals surface area contributed by atoms with Crippen LogP contribution in [-0.4, -0.2) is 11.7 Å². The topological polar surface area (TPSA) is 32.3 Å². The molecule has 0 saturated carbocycles. The van der Waals surface area contributed by atoms with E-state index in [-0.39, 0.29) is 12.6 Å². The molecule has 1 heterocycles. The first-order valence-electron chi connectivity index (χ1n) is 4.45. The predicted molar refractivity (Wildman–Crippen MR) is 53.2 cm³/mol. The Kier molecular flexibility index (Phi) is 2.17. The zero-order valence-electron chi connectivity index (χ0n) is 7.46. The normalized spacial score (nSPS) is 19.9. The molecule has 0 spiro atoms. The van der Waals surface area contributed by atoms with Gasteiger partial charge in [0.2, 0.25) is 0 Å². The van der Waals surface area contributed by atoms with Crippen molar-refractivity contribution in [2.24, 2.45) is 0 Å². The largest absolute Gasteiger partial charge is 0.394 e. The third-order valence-electron chi connectivity index (χ3n) is 2.55. The lowest BCUT2D eigenvalue weighted by Crippen LogP contribution is -2.15. The number of aliphatic hydroxyl groups is 1. The van der Waals surface area contributed by atoms with Gasteiger partial charge in [0.05, 0.1) is 12.6 Å². The van der Waals surface area contributed by atoms with E-state index in [0.29, 0.717) is 0 Å². The van der Waals surface area contributed by atoms with Gasteiger partial charge in [-0.15, -0.1) is 0 Å². The molecular weight excluding hydrogens is 162 g/mol. The minimum Gasteiger partial charge on any atom is -0.394 e. The lowest BCUT2D eigenvalue weighted by molar-refractivity contribution is 0.251. The van der Waals surface area contributed by atoms with Crippen LogP contribution < -0.4 is 5.32 Å². The number of rotatable bonds is 2. The van der Waals surface area contributed by atoms with Crippen molar-refractivity contribution in [1.82, 2.24) is 5.32 Å². The van der Waals surface area contributed by atoms with Crippen molar-refractivity contribution in [2.75, 3.05) is 6.61 Å². The molecule has 1 atom stereocenters. The first kappa shape index (κ1) is 8.48. The predicted octanol–water partition coefficient (Wildman–Crippen LogP) is 1.47. The zero-order chi connectivity index (χ0) is 9.26. The number of benzene rings is 1. The second kappa shape index (κ2) is 3.32. The third-order valence-corrected chi connectivity index (χ3v) is 2.55. The Balaban J connectivity index is 2.48. The second-order valence-electron chi connectivity index (χ2n) is 3.24. The van der Waals surface area contributed by atoms with Crippen LogP contribution in [0, 0.1) is 0 Å². The van der Waals surface area contributed by atoms with Crippen molar-refractivity contribution in [1.29, 1.82) is 0 Å². The average molecular weight is 175 g/mol. The maximum Gasteiger partial charge on any atom is 0.0626 e. The van der Waals surface area contributed by atoms with E-state index in [2.05, 4.69) is 18.0 Å². The first-order chi connectivity index (χ1) is 6.36. The summed E-state index contributed by atoms with van der Waals surface area (Å²) in [6, 6.07) is 6.22. The van der Waals surface area contributed by atoms with Crippen molar-refractivity contribution in [3.63, 3.8) is 0 Å². The molecule has 13 heavy (non-hydrogen) atoms. The van der Waals surface area contributed by atoms with Crippen LogP contribution in [0.2, 0.25) is 0 Å². The van der Waals surface area contributed by atoms with Gasteiger partial charge in [-0.3, -0.25) is 0 Å². The molecule has 0 saturated heterocycles. The standard InChI is InChI=1S/C11H13NO/c1-2-8-4-3-5-9-10(8)6-12-11(9)7-13/h2-5,11-13H,1,6-7H2. The summed E-state index contributed by atoms with van der Waals surface area (Å²) in [5.74, 6) is 0. The van der Waals surface area contributed by atoms with Crippen LogP contribution in [0.5, 0.6) is 0 Å². The Morgan fingerprint density at radius 2 is 2.46 bits per heavy atom. The molecule has 0 bridgehead atoms. The van der Waals surface area contributed by atoms with Crippen LogP contribution in [0.1, 0.15) is 22.7 Å². The molecule has 0 amide bonds. The van der Waals surface area contributed by atoms with Crippen molar-refractivity contribution in [3.8, 4) is 0 Å². The van der Waals surface area contributed by atoms with Gasteiger partial charge < -0.3 is 10.4 Å². The van der Waals surface area contributed by atoms with E-state index in [0.717, 1.165) is 6.54 Å². The van der Waals surface area contributed by atoms with Gasteiger partial charge in [-0.2, -0.15) is 0 Å². The van der Waals surface area contributed by atoms with E-state index in [1.165, 1.54) is 16.7 Å². The van der Waals surface area contributed by atoms with Crippen LogP contribution in [0.15, 0.2) is 24.8 Å². The molecule has 1 aromatic carbocycles. The van der Waals surface area contributed by atoms with Crippen molar-refractivity contribution >= 4 is 6.08 Å². The third kappa shape index (κ3) is 1.28. The summed E-state index contributed by atoms with van der Waals surface area (Å²) in [5, 5.41) is 12.3. The molecule has 1 aliphatic rings. The molecule has 0 radical (unpaired) electrons. The molecule has 0 aromatic heterocycles. The van der Waals surface area contributed by atoms with E-state index in [4.69, 9.17) is 5.11 Å². The summed E-state index contributed by atoms with van der Waals surface area (Å²) in [6.07, 6.45) is 1.86. The van der Waals surface area contributed by atoms with Gasteiger partial charge in [0, 0.05) is 6.54 Å². The quantitative estimate of drug-likeness (QED) is 0.713. The Labute approximate surface area is 77.9 Å². The number of aliphatic hydroxyl groups excluding tert-OH is 1. The van der Waals surface area contributed by atoms with Gasteiger partial charge >= 0.3 is 0 Å². The van der Waals surface area contributed by atoms with Crippen molar-refractivity contribution in [2.45, 2.75) is 12.6 Å². The highest BCUT2D eigenvalue weighted by molar-refractivity contribution is 5.56. The average Bonchev–Trinajstić information content (AvgIpc) is 2.60. The summed E-state index contributed by atoms with van der Waals surface area (Å²) in [6.45, 7) is 4.77. The van der Waals surface area contributed by atoms with E-state index < -0.39 is 0 Å². The van der Waals surface area contributed by atoms with Crippen LogP contribution in [0.3, 0.4) is 0 Å². The fourth-order valence-electron chi connectivity index (χ4n) is 1.84. The summed E-state index contributed by atoms with van der Waals surface area (Å²) >= 11 is 0.